The molecule has 0 aliphatic rings. The summed E-state index contributed by atoms with van der Waals surface area (Å²) in [5, 5.41) is 3.32. The van der Waals surface area contributed by atoms with Crippen LogP contribution in [-0.4, -0.2) is 26.8 Å². The van der Waals surface area contributed by atoms with E-state index in [0.717, 1.165) is 39.0 Å². The van der Waals surface area contributed by atoms with Crippen molar-refractivity contribution in [1.29, 1.82) is 0 Å². The van der Waals surface area contributed by atoms with E-state index in [2.05, 4.69) is 31.8 Å². The van der Waals surface area contributed by atoms with Crippen LogP contribution < -0.4 is 5.32 Å². The molecule has 0 atom stereocenters. The molecular formula is C13H25NO. The second kappa shape index (κ2) is 9.94. The van der Waals surface area contributed by atoms with E-state index < -0.39 is 0 Å². The van der Waals surface area contributed by atoms with E-state index in [1.165, 1.54) is 11.1 Å². The Kier molecular flexibility index (Phi) is 9.54. The zero-order chi connectivity index (χ0) is 11.5. The van der Waals surface area contributed by atoms with E-state index in [1.54, 1.807) is 7.11 Å². The Balaban J connectivity index is 3.45. The Bertz CT molecular complexity index is 197. The van der Waals surface area contributed by atoms with Gasteiger partial charge in [0.2, 0.25) is 0 Å². The highest BCUT2D eigenvalue weighted by Crippen LogP contribution is 2.11. The lowest BCUT2D eigenvalue weighted by molar-refractivity contribution is 0.199. The van der Waals surface area contributed by atoms with Crippen LogP contribution >= 0.6 is 0 Å². The predicted molar refractivity (Wildman–Crippen MR) is 67.2 cm³/mol. The quantitative estimate of drug-likeness (QED) is 0.468. The van der Waals surface area contributed by atoms with Gasteiger partial charge in [-0.05, 0) is 32.7 Å². The van der Waals surface area contributed by atoms with Crippen LogP contribution in [0, 0.1) is 0 Å². The highest BCUT2D eigenvalue weighted by atomic mass is 16.5. The molecule has 0 aliphatic heterocycles. The summed E-state index contributed by atoms with van der Waals surface area (Å²) in [6.45, 7) is 11.1. The molecule has 0 heterocycles. The Labute approximate surface area is 94.4 Å². The van der Waals surface area contributed by atoms with Gasteiger partial charge in [-0.3, -0.25) is 0 Å². The molecule has 2 nitrogen and oxygen atoms in total. The summed E-state index contributed by atoms with van der Waals surface area (Å²) < 4.78 is 4.95. The van der Waals surface area contributed by atoms with E-state index in [0.29, 0.717) is 0 Å². The van der Waals surface area contributed by atoms with Crippen LogP contribution in [-0.2, 0) is 4.74 Å². The van der Waals surface area contributed by atoms with Crippen molar-refractivity contribution in [2.24, 2.45) is 0 Å². The maximum Gasteiger partial charge on any atom is 0.0587 e. The van der Waals surface area contributed by atoms with Crippen molar-refractivity contribution in [3.05, 3.63) is 23.8 Å². The van der Waals surface area contributed by atoms with E-state index in [-0.39, 0.29) is 0 Å². The first-order chi connectivity index (χ1) is 7.20. The second-order valence-electron chi connectivity index (χ2n) is 3.86. The van der Waals surface area contributed by atoms with Gasteiger partial charge in [0.1, 0.15) is 0 Å². The molecule has 15 heavy (non-hydrogen) atoms. The molecule has 0 aromatic carbocycles. The summed E-state index contributed by atoms with van der Waals surface area (Å²) in [5.74, 6) is 0. The monoisotopic (exact) mass is 211 g/mol. The predicted octanol–water partition coefficient (Wildman–Crippen LogP) is 2.92. The molecule has 0 spiro atoms. The van der Waals surface area contributed by atoms with Gasteiger partial charge < -0.3 is 10.1 Å². The van der Waals surface area contributed by atoms with Crippen LogP contribution in [0.15, 0.2) is 23.8 Å². The van der Waals surface area contributed by atoms with Crippen molar-refractivity contribution in [3.63, 3.8) is 0 Å². The van der Waals surface area contributed by atoms with Crippen LogP contribution in [0.25, 0.3) is 0 Å². The number of ether oxygens (including phenoxy) is 1. The molecular weight excluding hydrogens is 186 g/mol. The molecule has 0 aromatic heterocycles. The van der Waals surface area contributed by atoms with Crippen LogP contribution in [0.1, 0.15) is 33.1 Å². The standard InChI is InChI=1S/C13H25NO/c1-5-12(2)11-13(3)7-6-8-14-9-10-15-4/h7,14H,2,5-6,8-11H2,1,3-4H3. The molecule has 0 unspecified atom stereocenters. The normalized spacial score (nSPS) is 11.8. The molecule has 2 heteroatoms. The molecule has 0 bridgehead atoms. The largest absolute Gasteiger partial charge is 0.383 e. The fraction of sp³-hybridized carbons (Fsp3) is 0.692. The summed E-state index contributed by atoms with van der Waals surface area (Å²) in [6, 6.07) is 0. The highest BCUT2D eigenvalue weighted by Gasteiger charge is 1.93. The average Bonchev–Trinajstić information content (AvgIpc) is 2.23. The van der Waals surface area contributed by atoms with E-state index >= 15 is 0 Å². The number of nitrogens with one attached hydrogen (secondary N) is 1. The number of methoxy groups -OCH3 is 1. The number of allylic oxidation sites excluding steroid dienone is 2. The minimum atomic E-state index is 0.787. The molecule has 0 amide bonds. The number of rotatable bonds is 9. The topological polar surface area (TPSA) is 21.3 Å². The van der Waals surface area contributed by atoms with E-state index in [4.69, 9.17) is 4.74 Å². The lowest BCUT2D eigenvalue weighted by Gasteiger charge is -2.04. The van der Waals surface area contributed by atoms with Gasteiger partial charge in [0, 0.05) is 13.7 Å². The van der Waals surface area contributed by atoms with Crippen molar-refractivity contribution in [2.75, 3.05) is 26.8 Å². The maximum absolute atomic E-state index is 4.95. The summed E-state index contributed by atoms with van der Waals surface area (Å²) in [4.78, 5) is 0. The second-order valence-corrected chi connectivity index (χ2v) is 3.86. The lowest BCUT2D eigenvalue weighted by atomic mass is 10.1. The Morgan fingerprint density at radius 3 is 2.73 bits per heavy atom. The molecule has 0 fully saturated rings. The summed E-state index contributed by atoms with van der Waals surface area (Å²) in [7, 11) is 1.72. The van der Waals surface area contributed by atoms with Crippen molar-refractivity contribution in [1.82, 2.24) is 5.32 Å². The van der Waals surface area contributed by atoms with Crippen LogP contribution in [0.2, 0.25) is 0 Å². The highest BCUT2D eigenvalue weighted by molar-refractivity contribution is 5.10. The molecule has 0 rings (SSSR count). The molecule has 0 aromatic rings. The fourth-order valence-electron chi connectivity index (χ4n) is 1.31. The summed E-state index contributed by atoms with van der Waals surface area (Å²) >= 11 is 0. The minimum absolute atomic E-state index is 0.787. The third kappa shape index (κ3) is 9.70. The molecule has 0 saturated heterocycles. The van der Waals surface area contributed by atoms with Gasteiger partial charge in [-0.15, -0.1) is 0 Å². The third-order valence-electron chi connectivity index (χ3n) is 2.33. The molecule has 1 N–H and O–H groups in total. The van der Waals surface area contributed by atoms with E-state index in [9.17, 15) is 0 Å². The maximum atomic E-state index is 4.95. The molecule has 0 radical (unpaired) electrons. The van der Waals surface area contributed by atoms with Crippen molar-refractivity contribution >= 4 is 0 Å². The smallest absolute Gasteiger partial charge is 0.0587 e. The first-order valence-corrected chi connectivity index (χ1v) is 5.72. The van der Waals surface area contributed by atoms with Crippen LogP contribution in [0.3, 0.4) is 0 Å². The molecule has 0 saturated carbocycles. The van der Waals surface area contributed by atoms with Crippen molar-refractivity contribution in [2.45, 2.75) is 33.1 Å². The Hall–Kier alpha value is -0.600. The van der Waals surface area contributed by atoms with Gasteiger partial charge in [-0.2, -0.15) is 0 Å². The summed E-state index contributed by atoms with van der Waals surface area (Å²) in [6.07, 6.45) is 5.51. The Morgan fingerprint density at radius 1 is 1.40 bits per heavy atom. The first kappa shape index (κ1) is 14.4. The van der Waals surface area contributed by atoms with Gasteiger partial charge in [-0.1, -0.05) is 30.7 Å². The molecule has 0 aliphatic carbocycles. The van der Waals surface area contributed by atoms with Crippen molar-refractivity contribution < 1.29 is 4.74 Å². The van der Waals surface area contributed by atoms with Gasteiger partial charge in [0.25, 0.3) is 0 Å². The molecule has 88 valence electrons. The van der Waals surface area contributed by atoms with Gasteiger partial charge >= 0.3 is 0 Å². The van der Waals surface area contributed by atoms with E-state index in [1.807, 2.05) is 0 Å². The first-order valence-electron chi connectivity index (χ1n) is 5.72. The fourth-order valence-corrected chi connectivity index (χ4v) is 1.31. The van der Waals surface area contributed by atoms with Gasteiger partial charge in [-0.25, -0.2) is 0 Å². The summed E-state index contributed by atoms with van der Waals surface area (Å²) in [5.41, 5.74) is 2.74. The third-order valence-corrected chi connectivity index (χ3v) is 2.33. The van der Waals surface area contributed by atoms with Gasteiger partial charge in [0.15, 0.2) is 0 Å². The SMILES string of the molecule is C=C(CC)CC(C)=CCCNCCOC. The zero-order valence-electron chi connectivity index (χ0n) is 10.4. The number of hydrogen-bond acceptors (Lipinski definition) is 2. The minimum Gasteiger partial charge on any atom is -0.383 e. The van der Waals surface area contributed by atoms with Crippen LogP contribution in [0.5, 0.6) is 0 Å². The number of hydrogen-bond donors (Lipinski definition) is 1. The lowest BCUT2D eigenvalue weighted by Crippen LogP contribution is -2.19. The van der Waals surface area contributed by atoms with Crippen molar-refractivity contribution in [3.8, 4) is 0 Å². The van der Waals surface area contributed by atoms with Crippen LogP contribution in [0.4, 0.5) is 0 Å². The zero-order valence-corrected chi connectivity index (χ0v) is 10.4. The van der Waals surface area contributed by atoms with Gasteiger partial charge in [0.05, 0.1) is 6.61 Å². The Morgan fingerprint density at radius 2 is 2.13 bits per heavy atom. The average molecular weight is 211 g/mol.